The zero-order valence-corrected chi connectivity index (χ0v) is 18.9. The van der Waals surface area contributed by atoms with Gasteiger partial charge in [0.2, 0.25) is 5.91 Å². The van der Waals surface area contributed by atoms with Gasteiger partial charge in [-0.25, -0.2) is 4.79 Å². The van der Waals surface area contributed by atoms with Crippen LogP contribution in [0.5, 0.6) is 0 Å². The molecule has 3 amide bonds. The lowest BCUT2D eigenvalue weighted by Crippen LogP contribution is -2.49. The quantitative estimate of drug-likeness (QED) is 0.590. The molecule has 2 aliphatic rings. The summed E-state index contributed by atoms with van der Waals surface area (Å²) in [5.41, 5.74) is 0.591. The second kappa shape index (κ2) is 11.4. The summed E-state index contributed by atoms with van der Waals surface area (Å²) in [7, 11) is 1.59. The predicted octanol–water partition coefficient (Wildman–Crippen LogP) is 0.999. The van der Waals surface area contributed by atoms with Gasteiger partial charge in [0.05, 0.1) is 30.7 Å². The summed E-state index contributed by atoms with van der Waals surface area (Å²) in [5.74, 6) is 0.463. The van der Waals surface area contributed by atoms with Gasteiger partial charge in [-0.05, 0) is 32.6 Å². The summed E-state index contributed by atoms with van der Waals surface area (Å²) < 4.78 is 12.2. The number of amides is 3. The van der Waals surface area contributed by atoms with Crippen LogP contribution in [-0.4, -0.2) is 96.7 Å². The number of urea groups is 1. The smallest absolute Gasteiger partial charge is 0.321 e. The van der Waals surface area contributed by atoms with Crippen LogP contribution in [0.1, 0.15) is 26.7 Å². The van der Waals surface area contributed by atoms with Crippen molar-refractivity contribution in [2.24, 2.45) is 5.92 Å². The number of morpholine rings is 1. The van der Waals surface area contributed by atoms with Gasteiger partial charge in [-0.2, -0.15) is 5.10 Å². The third-order valence-corrected chi connectivity index (χ3v) is 5.73. The summed E-state index contributed by atoms with van der Waals surface area (Å²) in [6.45, 7) is 9.84. The highest BCUT2D eigenvalue weighted by Gasteiger charge is 2.28. The lowest BCUT2D eigenvalue weighted by molar-refractivity contribution is -0.122. The molecule has 0 spiro atoms. The number of anilines is 1. The second-order valence-electron chi connectivity index (χ2n) is 8.61. The van der Waals surface area contributed by atoms with Crippen LogP contribution < -0.4 is 10.6 Å². The highest BCUT2D eigenvalue weighted by Crippen LogP contribution is 2.21. The highest BCUT2D eigenvalue weighted by molar-refractivity contribution is 5.89. The Morgan fingerprint density at radius 1 is 1.23 bits per heavy atom. The molecule has 1 aromatic heterocycles. The van der Waals surface area contributed by atoms with E-state index in [1.807, 2.05) is 4.90 Å². The van der Waals surface area contributed by atoms with E-state index in [4.69, 9.17) is 9.47 Å². The van der Waals surface area contributed by atoms with E-state index in [0.29, 0.717) is 24.8 Å². The number of methoxy groups -OCH3 is 1. The summed E-state index contributed by atoms with van der Waals surface area (Å²) in [4.78, 5) is 28.8. The van der Waals surface area contributed by atoms with E-state index in [9.17, 15) is 9.59 Å². The Bertz CT molecular complexity index is 708. The molecule has 0 radical (unpaired) electrons. The average Bonchev–Trinajstić information content (AvgIpc) is 3.14. The van der Waals surface area contributed by atoms with Crippen molar-refractivity contribution in [1.82, 2.24) is 24.9 Å². The molecule has 1 aromatic rings. The third kappa shape index (κ3) is 7.48. The van der Waals surface area contributed by atoms with Crippen molar-refractivity contribution in [1.29, 1.82) is 0 Å². The maximum Gasteiger partial charge on any atom is 0.321 e. The Balaban J connectivity index is 1.38. The standard InChI is InChI=1S/C21H36N6O4/c1-16-11-25(12-17(2)31-16)13-18-4-7-26(8-5-18)21(29)24-19-10-23-27(14-19)15-20(28)22-6-9-30-3/h10,14,16-18H,4-9,11-13,15H2,1-3H3,(H,22,28)(H,24,29)/t16-,17-/m0/s1. The van der Waals surface area contributed by atoms with E-state index in [1.54, 1.807) is 19.5 Å². The Kier molecular flexibility index (Phi) is 8.68. The number of rotatable bonds is 8. The molecule has 2 atom stereocenters. The van der Waals surface area contributed by atoms with E-state index in [-0.39, 0.29) is 30.7 Å². The second-order valence-corrected chi connectivity index (χ2v) is 8.61. The van der Waals surface area contributed by atoms with Gasteiger partial charge >= 0.3 is 6.03 Å². The van der Waals surface area contributed by atoms with Crippen LogP contribution in [0.25, 0.3) is 0 Å². The number of carbonyl (C=O) groups is 2. The number of ether oxygens (including phenoxy) is 2. The Morgan fingerprint density at radius 2 is 1.94 bits per heavy atom. The molecule has 3 heterocycles. The van der Waals surface area contributed by atoms with Gasteiger partial charge in [0.15, 0.2) is 0 Å². The molecule has 3 rings (SSSR count). The number of hydrogen-bond acceptors (Lipinski definition) is 6. The molecule has 0 bridgehead atoms. The number of piperidine rings is 1. The number of nitrogens with one attached hydrogen (secondary N) is 2. The van der Waals surface area contributed by atoms with Gasteiger partial charge in [-0.1, -0.05) is 0 Å². The van der Waals surface area contributed by atoms with Crippen molar-refractivity contribution >= 4 is 17.6 Å². The maximum absolute atomic E-state index is 12.6. The first-order valence-corrected chi connectivity index (χ1v) is 11.1. The first kappa shape index (κ1) is 23.5. The fourth-order valence-corrected chi connectivity index (χ4v) is 4.33. The van der Waals surface area contributed by atoms with Gasteiger partial charge in [0, 0.05) is 52.6 Å². The minimum atomic E-state index is -0.149. The highest BCUT2D eigenvalue weighted by atomic mass is 16.5. The van der Waals surface area contributed by atoms with Crippen molar-refractivity contribution in [3.05, 3.63) is 12.4 Å². The normalized spacial score (nSPS) is 23.0. The van der Waals surface area contributed by atoms with Gasteiger partial charge in [-0.15, -0.1) is 0 Å². The number of carbonyl (C=O) groups excluding carboxylic acids is 2. The summed E-state index contributed by atoms with van der Waals surface area (Å²) in [6.07, 6.45) is 5.82. The van der Waals surface area contributed by atoms with Crippen molar-refractivity contribution in [3.63, 3.8) is 0 Å². The molecule has 2 fully saturated rings. The molecule has 0 saturated carbocycles. The minimum Gasteiger partial charge on any atom is -0.383 e. The van der Waals surface area contributed by atoms with Gasteiger partial charge in [0.25, 0.3) is 0 Å². The fraction of sp³-hybridized carbons (Fsp3) is 0.762. The van der Waals surface area contributed by atoms with Crippen molar-refractivity contribution in [3.8, 4) is 0 Å². The summed E-state index contributed by atoms with van der Waals surface area (Å²) in [5, 5.41) is 9.78. The van der Waals surface area contributed by atoms with E-state index >= 15 is 0 Å². The van der Waals surface area contributed by atoms with Gasteiger partial charge < -0.3 is 25.0 Å². The molecule has 174 valence electrons. The van der Waals surface area contributed by atoms with Crippen molar-refractivity contribution in [2.45, 2.75) is 45.4 Å². The molecular formula is C21H36N6O4. The Morgan fingerprint density at radius 3 is 2.61 bits per heavy atom. The molecule has 0 aromatic carbocycles. The molecule has 10 heteroatoms. The van der Waals surface area contributed by atoms with Crippen LogP contribution in [-0.2, 0) is 20.8 Å². The van der Waals surface area contributed by atoms with Crippen LogP contribution in [0.4, 0.5) is 10.5 Å². The van der Waals surface area contributed by atoms with Gasteiger partial charge in [-0.3, -0.25) is 14.4 Å². The Hall–Kier alpha value is -2.17. The number of nitrogens with zero attached hydrogens (tertiary/aromatic N) is 4. The molecule has 2 aliphatic heterocycles. The monoisotopic (exact) mass is 436 g/mol. The lowest BCUT2D eigenvalue weighted by Gasteiger charge is -2.39. The van der Waals surface area contributed by atoms with Gasteiger partial charge in [0.1, 0.15) is 6.54 Å². The average molecular weight is 437 g/mol. The third-order valence-electron chi connectivity index (χ3n) is 5.73. The van der Waals surface area contributed by atoms with Crippen molar-refractivity contribution in [2.75, 3.05) is 58.3 Å². The Labute approximate surface area is 184 Å². The van der Waals surface area contributed by atoms with E-state index < -0.39 is 0 Å². The van der Waals surface area contributed by atoms with Crippen LogP contribution in [0.2, 0.25) is 0 Å². The first-order chi connectivity index (χ1) is 14.9. The lowest BCUT2D eigenvalue weighted by atomic mass is 9.96. The molecule has 0 unspecified atom stereocenters. The summed E-state index contributed by atoms with van der Waals surface area (Å²) in [6, 6.07) is -0.115. The predicted molar refractivity (Wildman–Crippen MR) is 117 cm³/mol. The molecule has 2 saturated heterocycles. The first-order valence-electron chi connectivity index (χ1n) is 11.1. The van der Waals surface area contributed by atoms with E-state index in [2.05, 4.69) is 34.5 Å². The SMILES string of the molecule is COCCNC(=O)Cn1cc(NC(=O)N2CCC(CN3C[C@H](C)O[C@@H](C)C3)CC2)cn1. The van der Waals surface area contributed by atoms with E-state index in [1.165, 1.54) is 4.68 Å². The minimum absolute atomic E-state index is 0.101. The number of likely N-dealkylation sites (tertiary alicyclic amines) is 1. The maximum atomic E-state index is 12.6. The molecular weight excluding hydrogens is 400 g/mol. The van der Waals surface area contributed by atoms with E-state index in [0.717, 1.165) is 45.6 Å². The van der Waals surface area contributed by atoms with Crippen LogP contribution >= 0.6 is 0 Å². The number of hydrogen-bond donors (Lipinski definition) is 2. The topological polar surface area (TPSA) is 101 Å². The van der Waals surface area contributed by atoms with Crippen LogP contribution in [0, 0.1) is 5.92 Å². The molecule has 0 aliphatic carbocycles. The fourth-order valence-electron chi connectivity index (χ4n) is 4.33. The zero-order chi connectivity index (χ0) is 22.2. The molecule has 10 nitrogen and oxygen atoms in total. The van der Waals surface area contributed by atoms with Crippen LogP contribution in [0.3, 0.4) is 0 Å². The van der Waals surface area contributed by atoms with Crippen LogP contribution in [0.15, 0.2) is 12.4 Å². The van der Waals surface area contributed by atoms with Crippen molar-refractivity contribution < 1.29 is 19.1 Å². The summed E-state index contributed by atoms with van der Waals surface area (Å²) >= 11 is 0. The zero-order valence-electron chi connectivity index (χ0n) is 18.9. The number of aromatic nitrogens is 2. The largest absolute Gasteiger partial charge is 0.383 e. The molecule has 2 N–H and O–H groups in total. The molecule has 31 heavy (non-hydrogen) atoms.